The molecular formula is C26H31ClN4O2. The number of H-pyrrole nitrogens is 1. The van der Waals surface area contributed by atoms with E-state index in [1.54, 1.807) is 17.0 Å². The molecule has 2 amide bonds. The molecule has 4 rings (SSSR count). The van der Waals surface area contributed by atoms with Crippen LogP contribution in [-0.4, -0.2) is 46.5 Å². The van der Waals surface area contributed by atoms with Crippen LogP contribution in [0.25, 0.3) is 10.9 Å². The average molecular weight is 467 g/mol. The Kier molecular flexibility index (Phi) is 7.05. The molecule has 6 nitrogen and oxygen atoms in total. The number of carbonyl (C=O) groups excluding carboxylic acids is 1. The van der Waals surface area contributed by atoms with E-state index in [-0.39, 0.29) is 24.2 Å². The molecule has 174 valence electrons. The van der Waals surface area contributed by atoms with Gasteiger partial charge in [0.05, 0.1) is 17.3 Å². The molecule has 0 unspecified atom stereocenters. The molecule has 2 aromatic carbocycles. The maximum atomic E-state index is 13.4. The van der Waals surface area contributed by atoms with E-state index in [1.807, 2.05) is 38.1 Å². The molecule has 1 fully saturated rings. The lowest BCUT2D eigenvalue weighted by Gasteiger charge is -2.30. The number of fused-ring (bicyclic) bond motifs is 1. The normalized spacial score (nSPS) is 16.3. The van der Waals surface area contributed by atoms with Gasteiger partial charge >= 0.3 is 6.03 Å². The van der Waals surface area contributed by atoms with Gasteiger partial charge in [-0.3, -0.25) is 9.69 Å². The number of aromatic nitrogens is 1. The van der Waals surface area contributed by atoms with Gasteiger partial charge in [0, 0.05) is 29.1 Å². The smallest absolute Gasteiger partial charge is 0.322 e. The Bertz CT molecular complexity index is 1220. The maximum absolute atomic E-state index is 13.4. The predicted molar refractivity (Wildman–Crippen MR) is 135 cm³/mol. The zero-order valence-electron chi connectivity index (χ0n) is 19.5. The number of hydrogen-bond acceptors (Lipinski definition) is 3. The first kappa shape index (κ1) is 23.3. The van der Waals surface area contributed by atoms with Crippen molar-refractivity contribution in [1.29, 1.82) is 0 Å². The zero-order chi connectivity index (χ0) is 23.5. The number of hydrogen-bond donors (Lipinski definition) is 2. The van der Waals surface area contributed by atoms with Crippen LogP contribution in [0.2, 0.25) is 5.02 Å². The van der Waals surface area contributed by atoms with Crippen molar-refractivity contribution in [2.75, 3.05) is 25.0 Å². The highest BCUT2D eigenvalue weighted by Gasteiger charge is 2.28. The minimum Gasteiger partial charge on any atom is -0.322 e. The minimum absolute atomic E-state index is 0.165. The number of amides is 2. The second-order valence-electron chi connectivity index (χ2n) is 8.88. The third-order valence-electron chi connectivity index (χ3n) is 6.49. The van der Waals surface area contributed by atoms with E-state index in [4.69, 9.17) is 11.6 Å². The van der Waals surface area contributed by atoms with Gasteiger partial charge in [0.1, 0.15) is 0 Å². The van der Waals surface area contributed by atoms with Crippen molar-refractivity contribution in [3.63, 3.8) is 0 Å². The first-order valence-electron chi connectivity index (χ1n) is 11.5. The van der Waals surface area contributed by atoms with Gasteiger partial charge in [0.2, 0.25) is 0 Å². The summed E-state index contributed by atoms with van der Waals surface area (Å²) in [4.78, 5) is 33.4. The lowest BCUT2D eigenvalue weighted by atomic mass is 10.0. The topological polar surface area (TPSA) is 68.4 Å². The molecule has 33 heavy (non-hydrogen) atoms. The summed E-state index contributed by atoms with van der Waals surface area (Å²) in [5.41, 5.74) is 3.99. The fourth-order valence-electron chi connectivity index (χ4n) is 4.79. The highest BCUT2D eigenvalue weighted by molar-refractivity contribution is 6.33. The Balaban J connectivity index is 1.65. The van der Waals surface area contributed by atoms with Gasteiger partial charge in [0.15, 0.2) is 0 Å². The number of benzene rings is 2. The fraction of sp³-hybridized carbons (Fsp3) is 0.385. The third-order valence-corrected chi connectivity index (χ3v) is 6.82. The highest BCUT2D eigenvalue weighted by atomic mass is 35.5. The van der Waals surface area contributed by atoms with Gasteiger partial charge in [-0.25, -0.2) is 4.79 Å². The Morgan fingerprint density at radius 2 is 2.03 bits per heavy atom. The molecule has 1 atom stereocenters. The number of anilines is 1. The predicted octanol–water partition coefficient (Wildman–Crippen LogP) is 5.32. The largest absolute Gasteiger partial charge is 0.322 e. The highest BCUT2D eigenvalue weighted by Crippen LogP contribution is 2.24. The van der Waals surface area contributed by atoms with Gasteiger partial charge in [-0.1, -0.05) is 36.7 Å². The first-order chi connectivity index (χ1) is 15.9. The summed E-state index contributed by atoms with van der Waals surface area (Å²) < 4.78 is 0. The van der Waals surface area contributed by atoms with Crippen LogP contribution in [0.1, 0.15) is 36.5 Å². The second-order valence-corrected chi connectivity index (χ2v) is 9.29. The molecule has 0 saturated carbocycles. The summed E-state index contributed by atoms with van der Waals surface area (Å²) in [6.45, 7) is 8.95. The molecular weight excluding hydrogens is 436 g/mol. The van der Waals surface area contributed by atoms with E-state index >= 15 is 0 Å². The van der Waals surface area contributed by atoms with Gasteiger partial charge in [-0.2, -0.15) is 0 Å². The first-order valence-corrected chi connectivity index (χ1v) is 11.9. The van der Waals surface area contributed by atoms with Crippen molar-refractivity contribution in [3.05, 3.63) is 74.5 Å². The van der Waals surface area contributed by atoms with Crippen LogP contribution in [0, 0.1) is 13.8 Å². The summed E-state index contributed by atoms with van der Waals surface area (Å²) >= 11 is 6.27. The van der Waals surface area contributed by atoms with Crippen molar-refractivity contribution in [2.24, 2.45) is 0 Å². The Labute approximate surface area is 199 Å². The monoisotopic (exact) mass is 466 g/mol. The molecule has 0 bridgehead atoms. The summed E-state index contributed by atoms with van der Waals surface area (Å²) in [7, 11) is 0. The number of nitrogens with zero attached hydrogens (tertiary/aromatic N) is 2. The van der Waals surface area contributed by atoms with Crippen LogP contribution in [0.4, 0.5) is 10.5 Å². The number of pyridine rings is 1. The van der Waals surface area contributed by atoms with E-state index in [2.05, 4.69) is 28.2 Å². The summed E-state index contributed by atoms with van der Waals surface area (Å²) in [5, 5.41) is 4.42. The van der Waals surface area contributed by atoms with E-state index < -0.39 is 0 Å². The van der Waals surface area contributed by atoms with E-state index in [9.17, 15) is 9.59 Å². The molecule has 2 N–H and O–H groups in total. The molecule has 3 aromatic rings. The molecule has 2 heterocycles. The summed E-state index contributed by atoms with van der Waals surface area (Å²) in [5.74, 6) is 0. The molecule has 1 aliphatic heterocycles. The van der Waals surface area contributed by atoms with Gasteiger partial charge in [-0.05, 0) is 75.2 Å². The van der Waals surface area contributed by atoms with Crippen LogP contribution in [-0.2, 0) is 6.54 Å². The lowest BCUT2D eigenvalue weighted by molar-refractivity contribution is 0.174. The van der Waals surface area contributed by atoms with Crippen molar-refractivity contribution in [1.82, 2.24) is 14.8 Å². The molecule has 1 saturated heterocycles. The van der Waals surface area contributed by atoms with Crippen molar-refractivity contribution < 1.29 is 4.79 Å². The van der Waals surface area contributed by atoms with E-state index in [1.165, 1.54) is 0 Å². The molecule has 0 spiro atoms. The number of likely N-dealkylation sites (tertiary alicyclic amines) is 1. The molecule has 1 aliphatic rings. The molecule has 0 aliphatic carbocycles. The maximum Gasteiger partial charge on any atom is 0.322 e. The van der Waals surface area contributed by atoms with Gasteiger partial charge in [-0.15, -0.1) is 0 Å². The van der Waals surface area contributed by atoms with E-state index in [0.717, 1.165) is 48.0 Å². The van der Waals surface area contributed by atoms with Crippen LogP contribution in [0.3, 0.4) is 0 Å². The number of nitrogens with one attached hydrogen (secondary N) is 2. The van der Waals surface area contributed by atoms with Crippen LogP contribution >= 0.6 is 11.6 Å². The van der Waals surface area contributed by atoms with Crippen LogP contribution < -0.4 is 10.9 Å². The Morgan fingerprint density at radius 1 is 1.24 bits per heavy atom. The number of likely N-dealkylation sites (N-methyl/N-ethyl adjacent to an activating group) is 1. The number of aromatic amines is 1. The fourth-order valence-corrected chi connectivity index (χ4v) is 4.97. The lowest BCUT2D eigenvalue weighted by Crippen LogP contribution is -2.45. The Hall–Kier alpha value is -2.83. The summed E-state index contributed by atoms with van der Waals surface area (Å²) in [6, 6.07) is 13.2. The number of halogens is 1. The number of para-hydroxylation sites is 1. The quantitative estimate of drug-likeness (QED) is 0.516. The van der Waals surface area contributed by atoms with Gasteiger partial charge < -0.3 is 15.2 Å². The molecule has 1 aromatic heterocycles. The van der Waals surface area contributed by atoms with Crippen molar-refractivity contribution in [3.8, 4) is 0 Å². The van der Waals surface area contributed by atoms with E-state index in [0.29, 0.717) is 22.8 Å². The number of aryl methyl sites for hydroxylation is 2. The molecule has 7 heteroatoms. The standard InChI is InChI=1S/C26H31ClN4O2/c1-4-30-11-7-8-20(30)16-31(26(33)29-23-10-6-5-9-22(23)27)15-19-14-21-18(3)12-17(2)13-24(21)28-25(19)32/h5-6,9-10,12-14,20H,4,7-8,11,15-16H2,1-3H3,(H,28,32)(H,29,33)/t20-/m0/s1. The van der Waals surface area contributed by atoms with Gasteiger partial charge in [0.25, 0.3) is 5.56 Å². The average Bonchev–Trinajstić information content (AvgIpc) is 3.22. The van der Waals surface area contributed by atoms with Crippen molar-refractivity contribution in [2.45, 2.75) is 46.2 Å². The zero-order valence-corrected chi connectivity index (χ0v) is 20.2. The summed E-state index contributed by atoms with van der Waals surface area (Å²) in [6.07, 6.45) is 2.16. The SMILES string of the molecule is CCN1CCC[C@H]1CN(Cc1cc2c(C)cc(C)cc2[nH]c1=O)C(=O)Nc1ccccc1Cl. The van der Waals surface area contributed by atoms with Crippen LogP contribution in [0.15, 0.2) is 47.3 Å². The van der Waals surface area contributed by atoms with Crippen molar-refractivity contribution >= 4 is 34.2 Å². The van der Waals surface area contributed by atoms with Crippen LogP contribution in [0.5, 0.6) is 0 Å². The molecule has 0 radical (unpaired) electrons. The second kappa shape index (κ2) is 9.98. The minimum atomic E-state index is -0.258. The number of carbonyl (C=O) groups is 1. The Morgan fingerprint density at radius 3 is 2.79 bits per heavy atom. The number of rotatable bonds is 6. The number of urea groups is 1. The third kappa shape index (κ3) is 5.23.